The number of rotatable bonds is 3. The highest BCUT2D eigenvalue weighted by Crippen LogP contribution is 2.29. The molecule has 0 bridgehead atoms. The molecule has 0 heterocycles. The maximum Gasteiger partial charge on any atom is 0.329 e. The molecule has 1 aliphatic rings. The Morgan fingerprint density at radius 2 is 1.81 bits per heavy atom. The molecule has 0 aliphatic heterocycles. The lowest BCUT2D eigenvalue weighted by molar-refractivity contribution is -0.145. The Labute approximate surface area is 133 Å². The predicted octanol–water partition coefficient (Wildman–Crippen LogP) is 3.66. The summed E-state index contributed by atoms with van der Waals surface area (Å²) in [5, 5.41) is 12.4. The zero-order chi connectivity index (χ0) is 15.5. The normalized spacial score (nSPS) is 17.8. The maximum absolute atomic E-state index is 12.5. The zero-order valence-electron chi connectivity index (χ0n) is 12.1. The number of hydrogen-bond acceptors (Lipinski definition) is 2. The van der Waals surface area contributed by atoms with Crippen LogP contribution in [0.25, 0.3) is 0 Å². The first-order valence-electron chi connectivity index (χ1n) is 7.27. The summed E-state index contributed by atoms with van der Waals surface area (Å²) >= 11 is 3.41. The topological polar surface area (TPSA) is 66.4 Å². The van der Waals surface area contributed by atoms with Crippen LogP contribution in [0, 0.1) is 6.92 Å². The predicted molar refractivity (Wildman–Crippen MR) is 84.4 cm³/mol. The van der Waals surface area contributed by atoms with Crippen molar-refractivity contribution in [1.29, 1.82) is 0 Å². The van der Waals surface area contributed by atoms with Gasteiger partial charge >= 0.3 is 5.97 Å². The van der Waals surface area contributed by atoms with Gasteiger partial charge in [-0.1, -0.05) is 37.8 Å². The largest absolute Gasteiger partial charge is 0.480 e. The highest BCUT2D eigenvalue weighted by Gasteiger charge is 2.40. The second-order valence-corrected chi connectivity index (χ2v) is 6.49. The number of carboxylic acids is 1. The van der Waals surface area contributed by atoms with E-state index in [0.717, 1.165) is 35.7 Å². The van der Waals surface area contributed by atoms with Crippen LogP contribution < -0.4 is 5.32 Å². The third-order valence-corrected chi connectivity index (χ3v) is 5.21. The van der Waals surface area contributed by atoms with E-state index >= 15 is 0 Å². The number of benzene rings is 1. The number of carbonyl (C=O) groups is 2. The minimum Gasteiger partial charge on any atom is -0.480 e. The van der Waals surface area contributed by atoms with Gasteiger partial charge in [0.2, 0.25) is 0 Å². The van der Waals surface area contributed by atoms with Crippen LogP contribution in [0.2, 0.25) is 0 Å². The minimum absolute atomic E-state index is 0.324. The fourth-order valence-corrected chi connectivity index (χ4v) is 3.28. The molecule has 1 fully saturated rings. The van der Waals surface area contributed by atoms with E-state index in [2.05, 4.69) is 21.2 Å². The highest BCUT2D eigenvalue weighted by atomic mass is 79.9. The lowest BCUT2D eigenvalue weighted by Crippen LogP contribution is -2.54. The Bertz CT molecular complexity index is 548. The van der Waals surface area contributed by atoms with Crippen molar-refractivity contribution in [3.63, 3.8) is 0 Å². The van der Waals surface area contributed by atoms with E-state index in [1.807, 2.05) is 13.0 Å². The minimum atomic E-state index is -1.13. The molecule has 0 aromatic heterocycles. The molecule has 4 nitrogen and oxygen atoms in total. The number of carbonyl (C=O) groups excluding carboxylic acids is 1. The average molecular weight is 354 g/mol. The van der Waals surface area contributed by atoms with Gasteiger partial charge in [0.1, 0.15) is 5.54 Å². The van der Waals surface area contributed by atoms with Crippen molar-refractivity contribution < 1.29 is 14.7 Å². The molecule has 1 aliphatic carbocycles. The first-order valence-corrected chi connectivity index (χ1v) is 8.06. The lowest BCUT2D eigenvalue weighted by atomic mass is 9.89. The van der Waals surface area contributed by atoms with Gasteiger partial charge in [-0.25, -0.2) is 4.79 Å². The standard InChI is InChI=1S/C16H20BrNO3/c1-11-7-6-8-12(13(11)17)14(19)18-16(15(20)21)9-4-2-3-5-10-16/h6-8H,2-5,9-10H2,1H3,(H,18,19)(H,20,21). The van der Waals surface area contributed by atoms with Crippen LogP contribution in [0.3, 0.4) is 0 Å². The summed E-state index contributed by atoms with van der Waals surface area (Å²) in [6.45, 7) is 1.90. The number of aliphatic carboxylic acids is 1. The molecule has 1 aromatic carbocycles. The van der Waals surface area contributed by atoms with Gasteiger partial charge in [0.05, 0.1) is 5.56 Å². The molecule has 21 heavy (non-hydrogen) atoms. The van der Waals surface area contributed by atoms with Crippen molar-refractivity contribution in [2.45, 2.75) is 51.0 Å². The van der Waals surface area contributed by atoms with Crippen LogP contribution in [0.15, 0.2) is 22.7 Å². The number of aryl methyl sites for hydroxylation is 1. The first-order chi connectivity index (χ1) is 9.96. The molecule has 0 radical (unpaired) electrons. The molecule has 1 saturated carbocycles. The SMILES string of the molecule is Cc1cccc(C(=O)NC2(C(=O)O)CCCCCC2)c1Br. The summed E-state index contributed by atoms with van der Waals surface area (Å²) in [6, 6.07) is 5.41. The van der Waals surface area contributed by atoms with Gasteiger partial charge in [0.25, 0.3) is 5.91 Å². The van der Waals surface area contributed by atoms with Gasteiger partial charge in [-0.15, -0.1) is 0 Å². The van der Waals surface area contributed by atoms with E-state index < -0.39 is 11.5 Å². The fourth-order valence-electron chi connectivity index (χ4n) is 2.83. The highest BCUT2D eigenvalue weighted by molar-refractivity contribution is 9.10. The lowest BCUT2D eigenvalue weighted by Gasteiger charge is -2.29. The van der Waals surface area contributed by atoms with Crippen LogP contribution in [0.1, 0.15) is 54.4 Å². The maximum atomic E-state index is 12.5. The monoisotopic (exact) mass is 353 g/mol. The number of carboxylic acid groups (broad SMARTS) is 1. The summed E-state index contributed by atoms with van der Waals surface area (Å²) < 4.78 is 0.719. The molecule has 2 rings (SSSR count). The van der Waals surface area contributed by atoms with Crippen LogP contribution in [0.4, 0.5) is 0 Å². The van der Waals surface area contributed by atoms with Crippen LogP contribution in [-0.2, 0) is 4.79 Å². The Morgan fingerprint density at radius 1 is 1.19 bits per heavy atom. The third-order valence-electron chi connectivity index (χ3n) is 4.16. The van der Waals surface area contributed by atoms with Gasteiger partial charge in [-0.2, -0.15) is 0 Å². The summed E-state index contributed by atoms with van der Waals surface area (Å²) in [7, 11) is 0. The number of nitrogens with one attached hydrogen (secondary N) is 1. The van der Waals surface area contributed by atoms with Gasteiger partial charge in [-0.3, -0.25) is 4.79 Å². The summed E-state index contributed by atoms with van der Waals surface area (Å²) in [6.07, 6.45) is 4.72. The Morgan fingerprint density at radius 3 is 2.38 bits per heavy atom. The van der Waals surface area contributed by atoms with Gasteiger partial charge in [-0.05, 0) is 47.3 Å². The molecular formula is C16H20BrNO3. The van der Waals surface area contributed by atoms with Crippen LogP contribution >= 0.6 is 15.9 Å². The van der Waals surface area contributed by atoms with Crippen molar-refractivity contribution in [1.82, 2.24) is 5.32 Å². The van der Waals surface area contributed by atoms with E-state index in [9.17, 15) is 14.7 Å². The molecule has 1 amide bonds. The Balaban J connectivity index is 2.26. The molecular weight excluding hydrogens is 334 g/mol. The van der Waals surface area contributed by atoms with Crippen molar-refractivity contribution in [3.8, 4) is 0 Å². The van der Waals surface area contributed by atoms with E-state index in [1.54, 1.807) is 12.1 Å². The third kappa shape index (κ3) is 3.46. The smallest absolute Gasteiger partial charge is 0.329 e. The van der Waals surface area contributed by atoms with Crippen LogP contribution in [0.5, 0.6) is 0 Å². The fraction of sp³-hybridized carbons (Fsp3) is 0.500. The number of halogens is 1. The summed E-state index contributed by atoms with van der Waals surface area (Å²) in [5.41, 5.74) is 0.310. The quantitative estimate of drug-likeness (QED) is 0.814. The van der Waals surface area contributed by atoms with E-state index in [-0.39, 0.29) is 5.91 Å². The Kier molecular flexibility index (Phi) is 5.04. The molecule has 0 saturated heterocycles. The van der Waals surface area contributed by atoms with Gasteiger partial charge in [0, 0.05) is 4.47 Å². The van der Waals surface area contributed by atoms with Crippen molar-refractivity contribution in [2.24, 2.45) is 0 Å². The van der Waals surface area contributed by atoms with Crippen molar-refractivity contribution in [2.75, 3.05) is 0 Å². The molecule has 114 valence electrons. The van der Waals surface area contributed by atoms with Crippen LogP contribution in [-0.4, -0.2) is 22.5 Å². The van der Waals surface area contributed by atoms with Gasteiger partial charge in [0.15, 0.2) is 0 Å². The molecule has 0 atom stereocenters. The second-order valence-electron chi connectivity index (χ2n) is 5.69. The molecule has 5 heteroatoms. The number of hydrogen-bond donors (Lipinski definition) is 2. The average Bonchev–Trinajstić information content (AvgIpc) is 2.68. The van der Waals surface area contributed by atoms with E-state index in [4.69, 9.17) is 0 Å². The second kappa shape index (κ2) is 6.60. The number of amides is 1. The molecule has 0 spiro atoms. The summed E-state index contributed by atoms with van der Waals surface area (Å²) in [4.78, 5) is 24.2. The van der Waals surface area contributed by atoms with E-state index in [0.29, 0.717) is 18.4 Å². The van der Waals surface area contributed by atoms with Crippen molar-refractivity contribution >= 4 is 27.8 Å². The summed E-state index contributed by atoms with van der Waals surface area (Å²) in [5.74, 6) is -1.25. The Hall–Kier alpha value is -1.36. The van der Waals surface area contributed by atoms with Gasteiger partial charge < -0.3 is 10.4 Å². The van der Waals surface area contributed by atoms with E-state index in [1.165, 1.54) is 0 Å². The molecule has 0 unspecified atom stereocenters. The first kappa shape index (κ1) is 16.0. The van der Waals surface area contributed by atoms with Crippen molar-refractivity contribution in [3.05, 3.63) is 33.8 Å². The molecule has 2 N–H and O–H groups in total. The zero-order valence-corrected chi connectivity index (χ0v) is 13.7. The molecule has 1 aromatic rings.